The maximum atomic E-state index is 14.4. The molecule has 0 radical (unpaired) electrons. The van der Waals surface area contributed by atoms with Crippen molar-refractivity contribution in [3.05, 3.63) is 75.8 Å². The Balaban J connectivity index is 1.50. The van der Waals surface area contributed by atoms with Gasteiger partial charge in [-0.2, -0.15) is 0 Å². The van der Waals surface area contributed by atoms with Crippen LogP contribution in [0.2, 0.25) is 5.02 Å². The minimum Gasteiger partial charge on any atom is -0.360 e. The molecule has 1 fully saturated rings. The van der Waals surface area contributed by atoms with Gasteiger partial charge in [-0.25, -0.2) is 4.39 Å². The van der Waals surface area contributed by atoms with Crippen LogP contribution < -0.4 is 0 Å². The summed E-state index contributed by atoms with van der Waals surface area (Å²) in [6.07, 6.45) is 0.914. The Bertz CT molecular complexity index is 1130. The molecular formula is C24H23ClFN3O3. The van der Waals surface area contributed by atoms with Gasteiger partial charge in [0, 0.05) is 31.7 Å². The highest BCUT2D eigenvalue weighted by Gasteiger charge is 2.31. The Labute approximate surface area is 190 Å². The number of benzene rings is 2. The van der Waals surface area contributed by atoms with Gasteiger partial charge >= 0.3 is 0 Å². The summed E-state index contributed by atoms with van der Waals surface area (Å²) in [6, 6.07) is 11.9. The summed E-state index contributed by atoms with van der Waals surface area (Å²) < 4.78 is 19.7. The topological polar surface area (TPSA) is 66.7 Å². The molecule has 2 aromatic carbocycles. The van der Waals surface area contributed by atoms with Gasteiger partial charge in [0.25, 0.3) is 11.8 Å². The van der Waals surface area contributed by atoms with Crippen molar-refractivity contribution in [3.8, 4) is 11.3 Å². The first kappa shape index (κ1) is 22.0. The number of carbonyl (C=O) groups excluding carboxylic acids is 2. The minimum absolute atomic E-state index is 0.0405. The maximum Gasteiger partial charge on any atom is 0.259 e. The Morgan fingerprint density at radius 3 is 2.25 bits per heavy atom. The third-order valence-corrected chi connectivity index (χ3v) is 6.05. The van der Waals surface area contributed by atoms with E-state index in [1.807, 2.05) is 24.3 Å². The molecule has 1 saturated heterocycles. The Morgan fingerprint density at radius 1 is 1.03 bits per heavy atom. The molecule has 1 aliphatic rings. The molecule has 0 unspecified atom stereocenters. The lowest BCUT2D eigenvalue weighted by Crippen LogP contribution is -2.50. The van der Waals surface area contributed by atoms with E-state index >= 15 is 0 Å². The number of hydrogen-bond donors (Lipinski definition) is 0. The summed E-state index contributed by atoms with van der Waals surface area (Å²) >= 11 is 6.18. The third-order valence-electron chi connectivity index (χ3n) is 5.74. The maximum absolute atomic E-state index is 14.4. The zero-order valence-electron chi connectivity index (χ0n) is 17.9. The molecule has 2 amide bonds. The van der Waals surface area contributed by atoms with Crippen molar-refractivity contribution in [2.24, 2.45) is 0 Å². The largest absolute Gasteiger partial charge is 0.360 e. The van der Waals surface area contributed by atoms with Crippen LogP contribution in [0.5, 0.6) is 0 Å². The van der Waals surface area contributed by atoms with E-state index in [2.05, 4.69) is 12.1 Å². The second-order valence-corrected chi connectivity index (χ2v) is 8.10. The normalized spacial score (nSPS) is 14.0. The number of rotatable bonds is 4. The zero-order valence-corrected chi connectivity index (χ0v) is 18.7. The molecule has 6 nitrogen and oxygen atoms in total. The number of aryl methyl sites for hydroxylation is 2. The lowest BCUT2D eigenvalue weighted by Gasteiger charge is -2.34. The van der Waals surface area contributed by atoms with Crippen molar-refractivity contribution in [1.82, 2.24) is 15.0 Å². The summed E-state index contributed by atoms with van der Waals surface area (Å²) in [7, 11) is 0. The smallest absolute Gasteiger partial charge is 0.259 e. The molecule has 1 aromatic heterocycles. The monoisotopic (exact) mass is 455 g/mol. The van der Waals surface area contributed by atoms with Gasteiger partial charge in [0.05, 0.1) is 10.6 Å². The standard InChI is InChI=1S/C24H23ClFN3O3/c1-3-16-7-9-17(10-8-16)23(30)28-11-13-29(14-12-28)24(31)20-15(2)32-27-22(20)21-18(25)5-4-6-19(21)26/h4-10H,3,11-14H2,1-2H3. The van der Waals surface area contributed by atoms with Crippen LogP contribution in [0.25, 0.3) is 11.3 Å². The highest BCUT2D eigenvalue weighted by Crippen LogP contribution is 2.34. The molecule has 0 aliphatic carbocycles. The zero-order chi connectivity index (χ0) is 22.8. The summed E-state index contributed by atoms with van der Waals surface area (Å²) in [5, 5.41) is 4.06. The Kier molecular flexibility index (Phi) is 6.28. The lowest BCUT2D eigenvalue weighted by atomic mass is 10.0. The van der Waals surface area contributed by atoms with E-state index in [0.717, 1.165) is 6.42 Å². The molecule has 4 rings (SSSR count). The van der Waals surface area contributed by atoms with E-state index in [1.165, 1.54) is 23.8 Å². The average molecular weight is 456 g/mol. The second kappa shape index (κ2) is 9.12. The van der Waals surface area contributed by atoms with Crippen LogP contribution in [0.15, 0.2) is 47.0 Å². The number of nitrogens with zero attached hydrogens (tertiary/aromatic N) is 3. The molecule has 2 heterocycles. The molecule has 0 bridgehead atoms. The van der Waals surface area contributed by atoms with Gasteiger partial charge in [-0.3, -0.25) is 9.59 Å². The molecule has 1 aliphatic heterocycles. The van der Waals surface area contributed by atoms with E-state index < -0.39 is 5.82 Å². The molecule has 8 heteroatoms. The van der Waals surface area contributed by atoms with Gasteiger partial charge in [-0.05, 0) is 43.2 Å². The minimum atomic E-state index is -0.579. The lowest BCUT2D eigenvalue weighted by molar-refractivity contribution is 0.0534. The van der Waals surface area contributed by atoms with Crippen LogP contribution in [0.3, 0.4) is 0 Å². The summed E-state index contributed by atoms with van der Waals surface area (Å²) in [5.74, 6) is -0.666. The van der Waals surface area contributed by atoms with Gasteiger partial charge in [-0.1, -0.05) is 41.9 Å². The Hall–Kier alpha value is -3.19. The highest BCUT2D eigenvalue weighted by molar-refractivity contribution is 6.33. The number of carbonyl (C=O) groups is 2. The van der Waals surface area contributed by atoms with Gasteiger partial charge in [0.15, 0.2) is 0 Å². The molecule has 0 saturated carbocycles. The molecule has 166 valence electrons. The first-order chi connectivity index (χ1) is 15.4. The summed E-state index contributed by atoms with van der Waals surface area (Å²) in [6.45, 7) is 5.19. The third kappa shape index (κ3) is 4.12. The number of amides is 2. The van der Waals surface area contributed by atoms with E-state index in [1.54, 1.807) is 16.7 Å². The quantitative estimate of drug-likeness (QED) is 0.576. The fourth-order valence-electron chi connectivity index (χ4n) is 3.86. The van der Waals surface area contributed by atoms with E-state index in [9.17, 15) is 14.0 Å². The van der Waals surface area contributed by atoms with Gasteiger partial charge in [-0.15, -0.1) is 0 Å². The van der Waals surface area contributed by atoms with E-state index in [0.29, 0.717) is 37.5 Å². The van der Waals surface area contributed by atoms with E-state index in [4.69, 9.17) is 16.1 Å². The van der Waals surface area contributed by atoms with Crippen molar-refractivity contribution in [2.45, 2.75) is 20.3 Å². The number of piperazine rings is 1. The van der Waals surface area contributed by atoms with Crippen LogP contribution in [-0.4, -0.2) is 52.9 Å². The molecule has 0 spiro atoms. The number of hydrogen-bond acceptors (Lipinski definition) is 4. The van der Waals surface area contributed by atoms with Crippen LogP contribution in [0.1, 0.15) is 39.0 Å². The van der Waals surface area contributed by atoms with E-state index in [-0.39, 0.29) is 33.7 Å². The van der Waals surface area contributed by atoms with Crippen molar-refractivity contribution < 1.29 is 18.5 Å². The molecule has 0 N–H and O–H groups in total. The molecule has 0 atom stereocenters. The first-order valence-corrected chi connectivity index (χ1v) is 10.9. The average Bonchev–Trinajstić information content (AvgIpc) is 3.19. The summed E-state index contributed by atoms with van der Waals surface area (Å²) in [4.78, 5) is 29.4. The van der Waals surface area contributed by atoms with Crippen LogP contribution >= 0.6 is 11.6 Å². The number of halogens is 2. The number of aromatic nitrogens is 1. The predicted molar refractivity (Wildman–Crippen MR) is 119 cm³/mol. The van der Waals surface area contributed by atoms with Crippen LogP contribution in [0, 0.1) is 12.7 Å². The van der Waals surface area contributed by atoms with Crippen molar-refractivity contribution >= 4 is 23.4 Å². The second-order valence-electron chi connectivity index (χ2n) is 7.69. The SMILES string of the molecule is CCc1ccc(C(=O)N2CCN(C(=O)c3c(-c4c(F)cccc4Cl)noc3C)CC2)cc1. The predicted octanol–water partition coefficient (Wildman–Crippen LogP) is 4.60. The van der Waals surface area contributed by atoms with Gasteiger partial charge < -0.3 is 14.3 Å². The molecule has 3 aromatic rings. The van der Waals surface area contributed by atoms with Crippen molar-refractivity contribution in [2.75, 3.05) is 26.2 Å². The fourth-order valence-corrected chi connectivity index (χ4v) is 4.11. The van der Waals surface area contributed by atoms with Crippen molar-refractivity contribution in [3.63, 3.8) is 0 Å². The van der Waals surface area contributed by atoms with Crippen LogP contribution in [-0.2, 0) is 6.42 Å². The van der Waals surface area contributed by atoms with Gasteiger partial charge in [0.2, 0.25) is 0 Å². The molecule has 32 heavy (non-hydrogen) atoms. The van der Waals surface area contributed by atoms with Crippen LogP contribution in [0.4, 0.5) is 4.39 Å². The molecular weight excluding hydrogens is 433 g/mol. The fraction of sp³-hybridized carbons (Fsp3) is 0.292. The Morgan fingerprint density at radius 2 is 1.66 bits per heavy atom. The summed E-state index contributed by atoms with van der Waals surface area (Å²) in [5.41, 5.74) is 2.12. The van der Waals surface area contributed by atoms with Crippen molar-refractivity contribution in [1.29, 1.82) is 0 Å². The highest BCUT2D eigenvalue weighted by atomic mass is 35.5. The first-order valence-electron chi connectivity index (χ1n) is 10.5. The van der Waals surface area contributed by atoms with Gasteiger partial charge in [0.1, 0.15) is 22.8 Å².